The molecule has 0 amide bonds. The van der Waals surface area contributed by atoms with E-state index in [1.54, 1.807) is 0 Å². The minimum atomic E-state index is 0.214. The Balaban J connectivity index is 2.96. The van der Waals surface area contributed by atoms with Gasteiger partial charge in [0.2, 0.25) is 0 Å². The smallest absolute Gasteiger partial charge is 0.0941 e. The van der Waals surface area contributed by atoms with Crippen molar-refractivity contribution in [1.29, 1.82) is 0 Å². The van der Waals surface area contributed by atoms with Gasteiger partial charge in [0, 0.05) is 11.5 Å². The minimum absolute atomic E-state index is 0.214. The van der Waals surface area contributed by atoms with E-state index in [-0.39, 0.29) is 6.73 Å². The van der Waals surface area contributed by atoms with E-state index in [0.29, 0.717) is 79.2 Å². The predicted octanol–water partition coefficient (Wildman–Crippen LogP) is 0.313. The molecular formula is C13H28N4O6. The molecule has 0 spiro atoms. The van der Waals surface area contributed by atoms with Crippen LogP contribution < -0.4 is 5.73 Å². The summed E-state index contributed by atoms with van der Waals surface area (Å²) in [5.74, 6) is 0. The van der Waals surface area contributed by atoms with Gasteiger partial charge in [0.1, 0.15) is 0 Å². The second kappa shape index (κ2) is 21.0. The zero-order chi connectivity index (χ0) is 16.8. The number of ether oxygens (including phenoxy) is 6. The van der Waals surface area contributed by atoms with Crippen LogP contribution in [0.25, 0.3) is 10.4 Å². The number of hydrogen-bond acceptors (Lipinski definition) is 8. The first-order chi connectivity index (χ1) is 11.4. The summed E-state index contributed by atoms with van der Waals surface area (Å²) in [5.41, 5.74) is 13.2. The Morgan fingerprint density at radius 3 is 1.30 bits per heavy atom. The van der Waals surface area contributed by atoms with Gasteiger partial charge in [-0.1, -0.05) is 5.11 Å². The highest BCUT2D eigenvalue weighted by molar-refractivity contribution is 4.44. The summed E-state index contributed by atoms with van der Waals surface area (Å²) in [7, 11) is 0. The highest BCUT2D eigenvalue weighted by Gasteiger charge is 1.93. The van der Waals surface area contributed by atoms with Gasteiger partial charge < -0.3 is 34.2 Å². The maximum absolute atomic E-state index is 8.05. The van der Waals surface area contributed by atoms with Crippen LogP contribution in [0.4, 0.5) is 0 Å². The predicted molar refractivity (Wildman–Crippen MR) is 83.1 cm³/mol. The highest BCUT2D eigenvalue weighted by atomic mass is 16.6. The van der Waals surface area contributed by atoms with Crippen LogP contribution in [0, 0.1) is 0 Å². The first kappa shape index (κ1) is 22.0. The molecule has 0 aliphatic heterocycles. The number of nitrogens with two attached hydrogens (primary N) is 1. The van der Waals surface area contributed by atoms with E-state index in [9.17, 15) is 0 Å². The molecule has 0 saturated carbocycles. The Morgan fingerprint density at radius 1 is 0.609 bits per heavy atom. The lowest BCUT2D eigenvalue weighted by Gasteiger charge is -2.07. The fourth-order valence-electron chi connectivity index (χ4n) is 1.33. The third-order valence-electron chi connectivity index (χ3n) is 2.38. The fraction of sp³-hybridized carbons (Fsp3) is 1.00. The summed E-state index contributed by atoms with van der Waals surface area (Å²) in [4.78, 5) is 2.62. The van der Waals surface area contributed by atoms with E-state index >= 15 is 0 Å². The summed E-state index contributed by atoms with van der Waals surface area (Å²) in [6, 6.07) is 0. The van der Waals surface area contributed by atoms with E-state index < -0.39 is 0 Å². The Bertz CT molecular complexity index is 279. The highest BCUT2D eigenvalue weighted by Crippen LogP contribution is 1.84. The molecule has 136 valence electrons. The largest absolute Gasteiger partial charge is 0.379 e. The summed E-state index contributed by atoms with van der Waals surface area (Å²) in [6.45, 7) is 6.03. The molecule has 0 atom stereocenters. The van der Waals surface area contributed by atoms with Crippen LogP contribution in [-0.4, -0.2) is 86.0 Å². The molecule has 0 aliphatic carbocycles. The van der Waals surface area contributed by atoms with Crippen LogP contribution in [0.2, 0.25) is 0 Å². The van der Waals surface area contributed by atoms with E-state index in [0.717, 1.165) is 0 Å². The molecule has 2 N–H and O–H groups in total. The third-order valence-corrected chi connectivity index (χ3v) is 2.38. The quantitative estimate of drug-likeness (QED) is 0.118. The molecule has 0 rings (SSSR count). The molecule has 0 heterocycles. The van der Waals surface area contributed by atoms with Gasteiger partial charge in [-0.2, -0.15) is 0 Å². The molecule has 0 bridgehead atoms. The Morgan fingerprint density at radius 2 is 0.957 bits per heavy atom. The van der Waals surface area contributed by atoms with Crippen molar-refractivity contribution >= 4 is 0 Å². The molecule has 10 heteroatoms. The lowest BCUT2D eigenvalue weighted by Crippen LogP contribution is -2.15. The lowest BCUT2D eigenvalue weighted by molar-refractivity contribution is -0.0161. The topological polar surface area (TPSA) is 130 Å². The van der Waals surface area contributed by atoms with Gasteiger partial charge in [-0.15, -0.1) is 0 Å². The van der Waals surface area contributed by atoms with Crippen molar-refractivity contribution in [2.24, 2.45) is 10.8 Å². The zero-order valence-corrected chi connectivity index (χ0v) is 13.6. The normalized spacial score (nSPS) is 10.7. The van der Waals surface area contributed by atoms with Crippen molar-refractivity contribution in [3.63, 3.8) is 0 Å². The lowest BCUT2D eigenvalue weighted by atomic mass is 10.6. The van der Waals surface area contributed by atoms with Crippen LogP contribution in [0.5, 0.6) is 0 Å². The van der Waals surface area contributed by atoms with Gasteiger partial charge in [-0.3, -0.25) is 0 Å². The second-order valence-corrected chi connectivity index (χ2v) is 4.09. The van der Waals surface area contributed by atoms with Crippen molar-refractivity contribution < 1.29 is 28.4 Å². The summed E-state index contributed by atoms with van der Waals surface area (Å²) >= 11 is 0. The third kappa shape index (κ3) is 21.0. The number of nitrogens with zero attached hydrogens (tertiary/aromatic N) is 3. The fourth-order valence-corrected chi connectivity index (χ4v) is 1.33. The van der Waals surface area contributed by atoms with Crippen molar-refractivity contribution in [3.8, 4) is 0 Å². The molecular weight excluding hydrogens is 308 g/mol. The standard InChI is InChI=1S/C13H28N4O6/c14-13-23-12-11-22-10-9-21-8-7-20-6-5-19-4-3-18-2-1-16-17-15/h1-14H2. The molecule has 0 saturated heterocycles. The molecule has 0 radical (unpaired) electrons. The van der Waals surface area contributed by atoms with E-state index in [2.05, 4.69) is 10.0 Å². The Kier molecular flexibility index (Phi) is 20.1. The van der Waals surface area contributed by atoms with Gasteiger partial charge in [0.05, 0.1) is 79.4 Å². The molecule has 0 fully saturated rings. The molecule has 0 aromatic carbocycles. The van der Waals surface area contributed by atoms with Gasteiger partial charge in [0.15, 0.2) is 0 Å². The van der Waals surface area contributed by atoms with Crippen LogP contribution >= 0.6 is 0 Å². The Hall–Kier alpha value is -0.970. The summed E-state index contributed by atoms with van der Waals surface area (Å²) in [6.07, 6.45) is 0. The molecule has 0 unspecified atom stereocenters. The zero-order valence-electron chi connectivity index (χ0n) is 13.6. The van der Waals surface area contributed by atoms with Gasteiger partial charge >= 0.3 is 0 Å². The second-order valence-electron chi connectivity index (χ2n) is 4.09. The van der Waals surface area contributed by atoms with E-state index in [1.165, 1.54) is 0 Å². The van der Waals surface area contributed by atoms with Gasteiger partial charge in [-0.25, -0.2) is 0 Å². The average Bonchev–Trinajstić information content (AvgIpc) is 2.57. The maximum atomic E-state index is 8.05. The molecule has 0 aromatic heterocycles. The van der Waals surface area contributed by atoms with Gasteiger partial charge in [-0.05, 0) is 5.53 Å². The average molecular weight is 336 g/mol. The van der Waals surface area contributed by atoms with E-state index in [4.69, 9.17) is 39.7 Å². The van der Waals surface area contributed by atoms with Crippen molar-refractivity contribution in [2.45, 2.75) is 0 Å². The maximum Gasteiger partial charge on any atom is 0.0941 e. The van der Waals surface area contributed by atoms with Crippen LogP contribution in [0.3, 0.4) is 0 Å². The number of hydrogen-bond donors (Lipinski definition) is 1. The summed E-state index contributed by atoms with van der Waals surface area (Å²) < 4.78 is 31.3. The monoisotopic (exact) mass is 336 g/mol. The first-order valence-electron chi connectivity index (χ1n) is 7.59. The molecule has 23 heavy (non-hydrogen) atoms. The van der Waals surface area contributed by atoms with Gasteiger partial charge in [0.25, 0.3) is 0 Å². The first-order valence-corrected chi connectivity index (χ1v) is 7.59. The van der Waals surface area contributed by atoms with Crippen molar-refractivity contribution in [1.82, 2.24) is 0 Å². The number of rotatable bonds is 19. The molecule has 0 aliphatic rings. The molecule has 0 aromatic rings. The van der Waals surface area contributed by atoms with Crippen LogP contribution in [-0.2, 0) is 28.4 Å². The van der Waals surface area contributed by atoms with Crippen molar-refractivity contribution in [3.05, 3.63) is 10.4 Å². The summed E-state index contributed by atoms with van der Waals surface area (Å²) in [5, 5.41) is 3.35. The number of azide groups is 1. The van der Waals surface area contributed by atoms with Crippen LogP contribution in [0.15, 0.2) is 5.11 Å². The molecule has 10 nitrogen and oxygen atoms in total. The SMILES string of the molecule is [N-]=[N+]=NCCOCCOCCOCCOCCOCCOCN. The van der Waals surface area contributed by atoms with Crippen LogP contribution in [0.1, 0.15) is 0 Å². The minimum Gasteiger partial charge on any atom is -0.379 e. The van der Waals surface area contributed by atoms with Crippen molar-refractivity contribution in [2.75, 3.05) is 86.0 Å². The Labute approximate surface area is 136 Å². The van der Waals surface area contributed by atoms with E-state index in [1.807, 2.05) is 0 Å².